The SMILES string of the molecule is CCOc1cc(C=NNC(=O)c2ccncc2)ccc1OC(=O)c1ccc(C)cc1. The Balaban J connectivity index is 1.70. The van der Waals surface area contributed by atoms with Gasteiger partial charge < -0.3 is 9.47 Å². The van der Waals surface area contributed by atoms with E-state index in [9.17, 15) is 9.59 Å². The number of nitrogens with zero attached hydrogens (tertiary/aromatic N) is 2. The maximum atomic E-state index is 12.4. The van der Waals surface area contributed by atoms with Crippen LogP contribution in [-0.4, -0.2) is 29.7 Å². The largest absolute Gasteiger partial charge is 0.490 e. The third-order valence-corrected chi connectivity index (χ3v) is 4.08. The number of hydrogen-bond donors (Lipinski definition) is 1. The molecule has 3 rings (SSSR count). The number of carbonyl (C=O) groups excluding carboxylic acids is 2. The summed E-state index contributed by atoms with van der Waals surface area (Å²) in [5.41, 5.74) is 5.08. The number of carbonyl (C=O) groups is 2. The molecular weight excluding hydrogens is 382 g/mol. The minimum atomic E-state index is -0.470. The van der Waals surface area contributed by atoms with Crippen molar-refractivity contribution in [3.8, 4) is 11.5 Å². The quantitative estimate of drug-likeness (QED) is 0.281. The summed E-state index contributed by atoms with van der Waals surface area (Å²) in [6, 6.07) is 15.3. The van der Waals surface area contributed by atoms with Gasteiger partial charge in [0.1, 0.15) is 0 Å². The summed E-state index contributed by atoms with van der Waals surface area (Å²) in [5, 5.41) is 3.96. The highest BCUT2D eigenvalue weighted by Crippen LogP contribution is 2.29. The fourth-order valence-electron chi connectivity index (χ4n) is 2.54. The molecule has 0 fully saturated rings. The first-order valence-electron chi connectivity index (χ1n) is 9.36. The normalized spacial score (nSPS) is 10.6. The van der Waals surface area contributed by atoms with Gasteiger partial charge in [0, 0.05) is 18.0 Å². The molecular formula is C23H21N3O4. The summed E-state index contributed by atoms with van der Waals surface area (Å²) >= 11 is 0. The van der Waals surface area contributed by atoms with Crippen molar-refractivity contribution in [2.24, 2.45) is 5.10 Å². The number of hydrazone groups is 1. The second-order valence-corrected chi connectivity index (χ2v) is 6.33. The Morgan fingerprint density at radius 1 is 1.00 bits per heavy atom. The van der Waals surface area contributed by atoms with E-state index in [1.54, 1.807) is 42.5 Å². The Morgan fingerprint density at radius 3 is 2.43 bits per heavy atom. The van der Waals surface area contributed by atoms with Crippen molar-refractivity contribution in [3.05, 3.63) is 89.2 Å². The van der Waals surface area contributed by atoms with Crippen molar-refractivity contribution >= 4 is 18.1 Å². The van der Waals surface area contributed by atoms with Crippen molar-refractivity contribution in [1.29, 1.82) is 0 Å². The van der Waals surface area contributed by atoms with Gasteiger partial charge in [0.2, 0.25) is 0 Å². The fourth-order valence-corrected chi connectivity index (χ4v) is 2.54. The average molecular weight is 403 g/mol. The van der Waals surface area contributed by atoms with E-state index in [1.165, 1.54) is 18.6 Å². The molecule has 1 heterocycles. The molecule has 0 unspecified atom stereocenters. The number of hydrogen-bond acceptors (Lipinski definition) is 6. The van der Waals surface area contributed by atoms with E-state index >= 15 is 0 Å². The molecule has 152 valence electrons. The monoisotopic (exact) mass is 403 g/mol. The van der Waals surface area contributed by atoms with E-state index in [0.29, 0.717) is 34.8 Å². The number of amides is 1. The maximum absolute atomic E-state index is 12.4. The zero-order valence-electron chi connectivity index (χ0n) is 16.7. The van der Waals surface area contributed by atoms with Crippen LogP contribution in [-0.2, 0) is 0 Å². The lowest BCUT2D eigenvalue weighted by Gasteiger charge is -2.11. The Morgan fingerprint density at radius 2 is 1.73 bits per heavy atom. The van der Waals surface area contributed by atoms with Crippen LogP contribution in [0.15, 0.2) is 72.1 Å². The van der Waals surface area contributed by atoms with Crippen molar-refractivity contribution < 1.29 is 19.1 Å². The van der Waals surface area contributed by atoms with Gasteiger partial charge in [-0.1, -0.05) is 17.7 Å². The Hall–Kier alpha value is -4.00. The Kier molecular flexibility index (Phi) is 6.89. The molecule has 0 saturated heterocycles. The fraction of sp³-hybridized carbons (Fsp3) is 0.130. The molecule has 7 nitrogen and oxygen atoms in total. The number of rotatable bonds is 7. The molecule has 0 radical (unpaired) electrons. The number of aryl methyl sites for hydroxylation is 1. The van der Waals surface area contributed by atoms with Crippen LogP contribution in [0.1, 0.15) is 38.8 Å². The molecule has 0 aliphatic heterocycles. The molecule has 0 saturated carbocycles. The van der Waals surface area contributed by atoms with Crippen molar-refractivity contribution in [1.82, 2.24) is 10.4 Å². The van der Waals surface area contributed by atoms with E-state index in [-0.39, 0.29) is 5.91 Å². The smallest absolute Gasteiger partial charge is 0.343 e. The van der Waals surface area contributed by atoms with Crippen LogP contribution < -0.4 is 14.9 Å². The van der Waals surface area contributed by atoms with Crippen molar-refractivity contribution in [2.45, 2.75) is 13.8 Å². The first kappa shape index (κ1) is 20.7. The van der Waals surface area contributed by atoms with E-state index in [4.69, 9.17) is 9.47 Å². The highest BCUT2D eigenvalue weighted by atomic mass is 16.6. The van der Waals surface area contributed by atoms with E-state index in [2.05, 4.69) is 15.5 Å². The number of esters is 1. The van der Waals surface area contributed by atoms with Crippen LogP contribution >= 0.6 is 0 Å². The second kappa shape index (κ2) is 9.97. The summed E-state index contributed by atoms with van der Waals surface area (Å²) in [4.78, 5) is 28.3. The average Bonchev–Trinajstić information content (AvgIpc) is 2.76. The summed E-state index contributed by atoms with van der Waals surface area (Å²) in [6.45, 7) is 4.18. The molecule has 1 N–H and O–H groups in total. The number of pyridine rings is 1. The highest BCUT2D eigenvalue weighted by Gasteiger charge is 2.13. The zero-order valence-corrected chi connectivity index (χ0v) is 16.7. The third kappa shape index (κ3) is 5.51. The number of aromatic nitrogens is 1. The number of nitrogens with one attached hydrogen (secondary N) is 1. The second-order valence-electron chi connectivity index (χ2n) is 6.33. The Bertz CT molecular complexity index is 1050. The first-order valence-corrected chi connectivity index (χ1v) is 9.36. The van der Waals surface area contributed by atoms with Gasteiger partial charge in [-0.05, 0) is 61.9 Å². The molecule has 3 aromatic rings. The lowest BCUT2D eigenvalue weighted by Crippen LogP contribution is -2.17. The predicted octanol–water partition coefficient (Wildman–Crippen LogP) is 3.77. The molecule has 0 atom stereocenters. The van der Waals surface area contributed by atoms with Gasteiger partial charge in [0.15, 0.2) is 11.5 Å². The van der Waals surface area contributed by atoms with Gasteiger partial charge in [-0.15, -0.1) is 0 Å². The lowest BCUT2D eigenvalue weighted by atomic mass is 10.1. The summed E-state index contributed by atoms with van der Waals surface area (Å²) in [5.74, 6) is -0.105. The molecule has 7 heteroatoms. The van der Waals surface area contributed by atoms with Gasteiger partial charge in [-0.3, -0.25) is 9.78 Å². The molecule has 0 spiro atoms. The van der Waals surface area contributed by atoms with Gasteiger partial charge in [0.05, 0.1) is 18.4 Å². The first-order chi connectivity index (χ1) is 14.6. The minimum absolute atomic E-state index is 0.306. The standard InChI is InChI=1S/C23H21N3O4/c1-3-29-21-14-17(15-25-26-22(27)18-10-12-24-13-11-18)6-9-20(21)30-23(28)19-7-4-16(2)5-8-19/h4-15H,3H2,1-2H3,(H,26,27). The number of benzene rings is 2. The van der Waals surface area contributed by atoms with Crippen molar-refractivity contribution in [2.75, 3.05) is 6.61 Å². The number of ether oxygens (including phenoxy) is 2. The van der Waals surface area contributed by atoms with Crippen LogP contribution in [0, 0.1) is 6.92 Å². The van der Waals surface area contributed by atoms with Gasteiger partial charge in [-0.25, -0.2) is 10.2 Å². The predicted molar refractivity (Wildman–Crippen MR) is 113 cm³/mol. The van der Waals surface area contributed by atoms with E-state index < -0.39 is 5.97 Å². The van der Waals surface area contributed by atoms with Gasteiger partial charge >= 0.3 is 5.97 Å². The Labute approximate surface area is 174 Å². The van der Waals surface area contributed by atoms with Gasteiger partial charge in [0.25, 0.3) is 5.91 Å². The van der Waals surface area contributed by atoms with Crippen molar-refractivity contribution in [3.63, 3.8) is 0 Å². The van der Waals surface area contributed by atoms with Crippen LogP contribution in [0.5, 0.6) is 11.5 Å². The van der Waals surface area contributed by atoms with Crippen LogP contribution in [0.3, 0.4) is 0 Å². The molecule has 2 aromatic carbocycles. The summed E-state index contributed by atoms with van der Waals surface area (Å²) in [7, 11) is 0. The molecule has 1 amide bonds. The molecule has 0 bridgehead atoms. The van der Waals surface area contributed by atoms with Crippen LogP contribution in [0.2, 0.25) is 0 Å². The summed E-state index contributed by atoms with van der Waals surface area (Å²) < 4.78 is 11.1. The molecule has 0 aliphatic rings. The lowest BCUT2D eigenvalue weighted by molar-refractivity contribution is 0.0728. The maximum Gasteiger partial charge on any atom is 0.343 e. The third-order valence-electron chi connectivity index (χ3n) is 4.08. The zero-order chi connectivity index (χ0) is 21.3. The van der Waals surface area contributed by atoms with Crippen LogP contribution in [0.4, 0.5) is 0 Å². The molecule has 0 aliphatic carbocycles. The van der Waals surface area contributed by atoms with E-state index in [0.717, 1.165) is 5.56 Å². The summed E-state index contributed by atoms with van der Waals surface area (Å²) in [6.07, 6.45) is 4.54. The van der Waals surface area contributed by atoms with E-state index in [1.807, 2.05) is 26.0 Å². The van der Waals surface area contributed by atoms with Crippen LogP contribution in [0.25, 0.3) is 0 Å². The highest BCUT2D eigenvalue weighted by molar-refractivity contribution is 5.95. The minimum Gasteiger partial charge on any atom is -0.490 e. The molecule has 30 heavy (non-hydrogen) atoms. The van der Waals surface area contributed by atoms with Gasteiger partial charge in [-0.2, -0.15) is 5.10 Å². The molecule has 1 aromatic heterocycles. The topological polar surface area (TPSA) is 89.9 Å².